The van der Waals surface area contributed by atoms with Crippen LogP contribution < -0.4 is 0 Å². The predicted molar refractivity (Wildman–Crippen MR) is 65.0 cm³/mol. The summed E-state index contributed by atoms with van der Waals surface area (Å²) in [6.45, 7) is 0.979. The minimum Gasteiger partial charge on any atom is -0.480 e. The number of rotatable bonds is 5. The molecule has 1 N–H and O–H groups in total. The van der Waals surface area contributed by atoms with Crippen LogP contribution in [0.4, 0.5) is 13.2 Å². The molecule has 0 aromatic heterocycles. The SMILES string of the molecule is CCN(C(=O)C(F)(F)F)[C@H](Cc1ccccc1)C(=O)O. The zero-order chi connectivity index (χ0) is 15.3. The molecule has 0 spiro atoms. The minimum absolute atomic E-state index is 0.175. The molecule has 0 aliphatic carbocycles. The van der Waals surface area contributed by atoms with Gasteiger partial charge in [-0.15, -0.1) is 0 Å². The summed E-state index contributed by atoms with van der Waals surface area (Å²) in [5.41, 5.74) is 0.549. The van der Waals surface area contributed by atoms with E-state index in [0.29, 0.717) is 10.5 Å². The van der Waals surface area contributed by atoms with Gasteiger partial charge in [0.15, 0.2) is 0 Å². The van der Waals surface area contributed by atoms with Gasteiger partial charge in [-0.25, -0.2) is 4.79 Å². The predicted octanol–water partition coefficient (Wildman–Crippen LogP) is 2.09. The number of benzene rings is 1. The molecule has 0 radical (unpaired) electrons. The van der Waals surface area contributed by atoms with Crippen molar-refractivity contribution in [3.63, 3.8) is 0 Å². The van der Waals surface area contributed by atoms with Crippen LogP contribution in [-0.2, 0) is 16.0 Å². The molecule has 7 heteroatoms. The molecule has 1 amide bonds. The highest BCUT2D eigenvalue weighted by Crippen LogP contribution is 2.21. The average molecular weight is 289 g/mol. The molecule has 1 rings (SSSR count). The van der Waals surface area contributed by atoms with E-state index in [0.717, 1.165) is 0 Å². The Bertz CT molecular complexity index is 473. The summed E-state index contributed by atoms with van der Waals surface area (Å²) in [4.78, 5) is 22.8. The van der Waals surface area contributed by atoms with Crippen molar-refractivity contribution >= 4 is 11.9 Å². The van der Waals surface area contributed by atoms with Crippen molar-refractivity contribution in [1.82, 2.24) is 4.90 Å². The first kappa shape index (κ1) is 16.0. The Morgan fingerprint density at radius 1 is 1.25 bits per heavy atom. The third-order valence-electron chi connectivity index (χ3n) is 2.78. The number of carboxylic acids is 1. The standard InChI is InChI=1S/C13H14F3NO3/c1-2-17(12(20)13(14,15)16)10(11(18)19)8-9-6-4-3-5-7-9/h3-7,10H,2,8H2,1H3,(H,18,19)/t10-/m1/s1. The van der Waals surface area contributed by atoms with E-state index in [2.05, 4.69) is 0 Å². The summed E-state index contributed by atoms with van der Waals surface area (Å²) in [5, 5.41) is 9.09. The van der Waals surface area contributed by atoms with Crippen LogP contribution in [0.25, 0.3) is 0 Å². The van der Waals surface area contributed by atoms with Crippen molar-refractivity contribution in [2.45, 2.75) is 25.6 Å². The fourth-order valence-corrected chi connectivity index (χ4v) is 1.84. The molecule has 0 aliphatic heterocycles. The molecule has 110 valence electrons. The Morgan fingerprint density at radius 2 is 1.80 bits per heavy atom. The monoisotopic (exact) mass is 289 g/mol. The molecule has 0 fully saturated rings. The van der Waals surface area contributed by atoms with Crippen molar-refractivity contribution < 1.29 is 27.9 Å². The number of aliphatic carboxylic acids is 1. The van der Waals surface area contributed by atoms with Crippen LogP contribution in [0.3, 0.4) is 0 Å². The van der Waals surface area contributed by atoms with Gasteiger partial charge in [-0.3, -0.25) is 4.79 Å². The van der Waals surface area contributed by atoms with Gasteiger partial charge in [0.25, 0.3) is 0 Å². The summed E-state index contributed by atoms with van der Waals surface area (Å²) in [6.07, 6.45) is -5.26. The number of carbonyl (C=O) groups is 2. The molecular formula is C13H14F3NO3. The second kappa shape index (κ2) is 6.40. The Hall–Kier alpha value is -2.05. The zero-order valence-electron chi connectivity index (χ0n) is 10.7. The highest BCUT2D eigenvalue weighted by atomic mass is 19.4. The van der Waals surface area contributed by atoms with E-state index >= 15 is 0 Å². The molecule has 0 saturated carbocycles. The lowest BCUT2D eigenvalue weighted by Crippen LogP contribution is -2.51. The average Bonchev–Trinajstić information content (AvgIpc) is 2.38. The summed E-state index contributed by atoms with van der Waals surface area (Å²) in [5.74, 6) is -3.60. The van der Waals surface area contributed by atoms with Crippen molar-refractivity contribution in [2.75, 3.05) is 6.54 Å². The highest BCUT2D eigenvalue weighted by Gasteiger charge is 2.45. The molecule has 0 unspecified atom stereocenters. The van der Waals surface area contributed by atoms with Gasteiger partial charge in [-0.1, -0.05) is 30.3 Å². The normalized spacial score (nSPS) is 12.8. The van der Waals surface area contributed by atoms with E-state index in [-0.39, 0.29) is 13.0 Å². The van der Waals surface area contributed by atoms with Gasteiger partial charge >= 0.3 is 18.1 Å². The molecule has 0 heterocycles. The summed E-state index contributed by atoms with van der Waals surface area (Å²) in [7, 11) is 0. The second-order valence-electron chi connectivity index (χ2n) is 4.13. The van der Waals surface area contributed by atoms with Gasteiger partial charge in [-0.05, 0) is 12.5 Å². The Morgan fingerprint density at radius 3 is 2.20 bits per heavy atom. The lowest BCUT2D eigenvalue weighted by atomic mass is 10.0. The first-order chi connectivity index (χ1) is 9.27. The second-order valence-corrected chi connectivity index (χ2v) is 4.13. The van der Waals surface area contributed by atoms with Crippen LogP contribution in [0.1, 0.15) is 12.5 Å². The van der Waals surface area contributed by atoms with Crippen LogP contribution in [0.15, 0.2) is 30.3 Å². The van der Waals surface area contributed by atoms with Crippen molar-refractivity contribution in [1.29, 1.82) is 0 Å². The molecule has 0 bridgehead atoms. The molecule has 1 atom stereocenters. The van der Waals surface area contributed by atoms with Gasteiger partial charge in [-0.2, -0.15) is 13.2 Å². The van der Waals surface area contributed by atoms with Gasteiger partial charge in [0.05, 0.1) is 0 Å². The number of carboxylic acid groups (broad SMARTS) is 1. The number of halogens is 3. The first-order valence-corrected chi connectivity index (χ1v) is 5.92. The largest absolute Gasteiger partial charge is 0.480 e. The van der Waals surface area contributed by atoms with Crippen LogP contribution in [-0.4, -0.2) is 40.6 Å². The maximum Gasteiger partial charge on any atom is 0.471 e. The number of nitrogens with zero attached hydrogens (tertiary/aromatic N) is 1. The molecule has 20 heavy (non-hydrogen) atoms. The first-order valence-electron chi connectivity index (χ1n) is 5.92. The molecule has 0 aliphatic rings. The van der Waals surface area contributed by atoms with Crippen molar-refractivity contribution in [2.24, 2.45) is 0 Å². The number of alkyl halides is 3. The quantitative estimate of drug-likeness (QED) is 0.903. The highest BCUT2D eigenvalue weighted by molar-refractivity contribution is 5.87. The van der Waals surface area contributed by atoms with Crippen LogP contribution in [0.5, 0.6) is 0 Å². The molecule has 1 aromatic rings. The van der Waals surface area contributed by atoms with Crippen LogP contribution in [0, 0.1) is 0 Å². The zero-order valence-corrected chi connectivity index (χ0v) is 10.7. The summed E-state index contributed by atoms with van der Waals surface area (Å²) < 4.78 is 37.4. The summed E-state index contributed by atoms with van der Waals surface area (Å²) in [6, 6.07) is 6.66. The topological polar surface area (TPSA) is 57.6 Å². The molecule has 4 nitrogen and oxygen atoms in total. The lowest BCUT2D eigenvalue weighted by Gasteiger charge is -2.28. The number of carbonyl (C=O) groups excluding carboxylic acids is 1. The maximum atomic E-state index is 12.5. The fraction of sp³-hybridized carbons (Fsp3) is 0.385. The number of likely N-dealkylation sites (N-methyl/N-ethyl adjacent to an activating group) is 1. The van der Waals surface area contributed by atoms with Gasteiger partial charge < -0.3 is 10.0 Å². The third-order valence-corrected chi connectivity index (χ3v) is 2.78. The molecule has 1 aromatic carbocycles. The van der Waals surface area contributed by atoms with E-state index in [1.165, 1.54) is 6.92 Å². The molecular weight excluding hydrogens is 275 g/mol. The summed E-state index contributed by atoms with van der Waals surface area (Å²) >= 11 is 0. The lowest BCUT2D eigenvalue weighted by molar-refractivity contribution is -0.189. The smallest absolute Gasteiger partial charge is 0.471 e. The molecule has 0 saturated heterocycles. The minimum atomic E-state index is -5.08. The number of hydrogen-bond donors (Lipinski definition) is 1. The van der Waals surface area contributed by atoms with Crippen LogP contribution >= 0.6 is 0 Å². The maximum absolute atomic E-state index is 12.5. The van der Waals surface area contributed by atoms with E-state index < -0.39 is 24.1 Å². The van der Waals surface area contributed by atoms with Gasteiger partial charge in [0.1, 0.15) is 6.04 Å². The Labute approximate surface area is 113 Å². The van der Waals surface area contributed by atoms with E-state index in [4.69, 9.17) is 5.11 Å². The number of amides is 1. The van der Waals surface area contributed by atoms with Gasteiger partial charge in [0, 0.05) is 13.0 Å². The van der Waals surface area contributed by atoms with Crippen molar-refractivity contribution in [3.8, 4) is 0 Å². The number of hydrogen-bond acceptors (Lipinski definition) is 2. The van der Waals surface area contributed by atoms with E-state index in [1.807, 2.05) is 0 Å². The van der Waals surface area contributed by atoms with E-state index in [9.17, 15) is 22.8 Å². The van der Waals surface area contributed by atoms with Crippen LogP contribution in [0.2, 0.25) is 0 Å². The third kappa shape index (κ3) is 3.97. The Balaban J connectivity index is 3.00. The fourth-order valence-electron chi connectivity index (χ4n) is 1.84. The van der Waals surface area contributed by atoms with Gasteiger partial charge in [0.2, 0.25) is 0 Å². The van der Waals surface area contributed by atoms with Crippen molar-refractivity contribution in [3.05, 3.63) is 35.9 Å². The van der Waals surface area contributed by atoms with E-state index in [1.54, 1.807) is 30.3 Å². The Kier molecular flexibility index (Phi) is 5.12.